The van der Waals surface area contributed by atoms with Gasteiger partial charge < -0.3 is 13.3 Å². The van der Waals surface area contributed by atoms with E-state index in [-0.39, 0.29) is 16.8 Å². The van der Waals surface area contributed by atoms with Crippen molar-refractivity contribution in [2.24, 2.45) is 0 Å². The van der Waals surface area contributed by atoms with Crippen LogP contribution in [0.5, 0.6) is 0 Å². The Balaban J connectivity index is 4.16. The third kappa shape index (κ3) is 22.6. The van der Waals surface area contributed by atoms with Crippen LogP contribution in [0.15, 0.2) is 0 Å². The largest absolute Gasteiger partial charge is 0.502 e. The summed E-state index contributed by atoms with van der Waals surface area (Å²) >= 11 is 0. The van der Waals surface area contributed by atoms with Gasteiger partial charge in [-0.25, -0.2) is 0 Å². The fourth-order valence-electron chi connectivity index (χ4n) is 4.50. The van der Waals surface area contributed by atoms with Gasteiger partial charge in [-0.3, -0.25) is 0 Å². The van der Waals surface area contributed by atoms with Gasteiger partial charge in [0.05, 0.1) is 16.8 Å². The molecule has 0 saturated heterocycles. The molecule has 3 nitrogen and oxygen atoms in total. The summed E-state index contributed by atoms with van der Waals surface area (Å²) in [6, 6.07) is 0.900. The Bertz CT molecular complexity index is 430. The summed E-state index contributed by atoms with van der Waals surface area (Å²) in [5.74, 6) is 0. The SMILES string of the molecule is CCCCCCCCCCCCCCCCCC[Si](OC(C)(C)C)(OC(C)(C)C)OC(C)(C)C. The number of hydrogen-bond donors (Lipinski definition) is 0. The van der Waals surface area contributed by atoms with Crippen LogP contribution >= 0.6 is 0 Å². The number of hydrogen-bond acceptors (Lipinski definition) is 3. The average molecular weight is 501 g/mol. The minimum atomic E-state index is -2.81. The van der Waals surface area contributed by atoms with Gasteiger partial charge >= 0.3 is 8.80 Å². The Morgan fingerprint density at radius 3 is 0.853 bits per heavy atom. The lowest BCUT2D eigenvalue weighted by Gasteiger charge is -2.43. The predicted octanol–water partition coefficient (Wildman–Crippen LogP) is 10.6. The van der Waals surface area contributed by atoms with Crippen LogP contribution in [-0.4, -0.2) is 25.6 Å². The van der Waals surface area contributed by atoms with Gasteiger partial charge in [0, 0.05) is 6.04 Å². The van der Waals surface area contributed by atoms with E-state index in [0.717, 1.165) is 12.5 Å². The standard InChI is InChI=1S/C30H64O3Si/c1-11-12-13-14-15-16-17-18-19-20-21-22-23-24-25-26-27-34(31-28(2,3)4,32-29(5,6)7)33-30(8,9)10/h11-27H2,1-10H3. The van der Waals surface area contributed by atoms with Crippen molar-refractivity contribution in [3.8, 4) is 0 Å². The summed E-state index contributed by atoms with van der Waals surface area (Å²) < 4.78 is 19.8. The van der Waals surface area contributed by atoms with Crippen molar-refractivity contribution in [3.63, 3.8) is 0 Å². The maximum absolute atomic E-state index is 6.60. The zero-order valence-electron chi connectivity index (χ0n) is 25.2. The molecule has 0 atom stereocenters. The van der Waals surface area contributed by atoms with Crippen molar-refractivity contribution in [2.45, 2.75) is 195 Å². The molecule has 0 heterocycles. The Kier molecular flexibility index (Phi) is 17.6. The second-order valence-electron chi connectivity index (χ2n) is 13.4. The maximum atomic E-state index is 6.60. The lowest BCUT2D eigenvalue weighted by atomic mass is 10.0. The molecule has 0 aliphatic heterocycles. The molecule has 0 aromatic rings. The molecule has 34 heavy (non-hydrogen) atoms. The highest BCUT2D eigenvalue weighted by molar-refractivity contribution is 6.61. The number of unbranched alkanes of at least 4 members (excludes halogenated alkanes) is 15. The fraction of sp³-hybridized carbons (Fsp3) is 1.00. The monoisotopic (exact) mass is 500 g/mol. The highest BCUT2D eigenvalue weighted by Gasteiger charge is 2.49. The fourth-order valence-corrected chi connectivity index (χ4v) is 8.42. The summed E-state index contributed by atoms with van der Waals surface area (Å²) in [4.78, 5) is 0. The Morgan fingerprint density at radius 1 is 0.382 bits per heavy atom. The third-order valence-corrected chi connectivity index (χ3v) is 9.46. The molecule has 206 valence electrons. The minimum Gasteiger partial charge on any atom is -0.368 e. The second-order valence-corrected chi connectivity index (χ2v) is 15.9. The second kappa shape index (κ2) is 17.5. The van der Waals surface area contributed by atoms with E-state index in [1.165, 1.54) is 96.3 Å². The first-order valence-electron chi connectivity index (χ1n) is 14.8. The van der Waals surface area contributed by atoms with Crippen molar-refractivity contribution in [1.82, 2.24) is 0 Å². The van der Waals surface area contributed by atoms with Crippen LogP contribution < -0.4 is 0 Å². The molecule has 0 radical (unpaired) electrons. The minimum absolute atomic E-state index is 0.280. The smallest absolute Gasteiger partial charge is 0.368 e. The quantitative estimate of drug-likeness (QED) is 0.123. The molecule has 0 amide bonds. The molecule has 4 heteroatoms. The first-order valence-corrected chi connectivity index (χ1v) is 16.7. The van der Waals surface area contributed by atoms with E-state index in [0.29, 0.717) is 0 Å². The van der Waals surface area contributed by atoms with Gasteiger partial charge in [-0.2, -0.15) is 0 Å². The van der Waals surface area contributed by atoms with Crippen LogP contribution in [0.4, 0.5) is 0 Å². The van der Waals surface area contributed by atoms with E-state index >= 15 is 0 Å². The highest BCUT2D eigenvalue weighted by atomic mass is 28.4. The van der Waals surface area contributed by atoms with Crippen LogP contribution in [0.25, 0.3) is 0 Å². The first-order chi connectivity index (χ1) is 15.7. The van der Waals surface area contributed by atoms with E-state index in [1.54, 1.807) is 0 Å². The first kappa shape index (κ1) is 34.1. The normalized spacial score (nSPS) is 13.6. The van der Waals surface area contributed by atoms with Crippen LogP contribution in [0.1, 0.15) is 172 Å². The molecule has 0 aromatic carbocycles. The van der Waals surface area contributed by atoms with Gasteiger partial charge in [-0.1, -0.05) is 103 Å². The molecule has 0 fully saturated rings. The van der Waals surface area contributed by atoms with E-state index in [2.05, 4.69) is 69.2 Å². The molecular formula is C30H64O3Si. The molecule has 0 bridgehead atoms. The lowest BCUT2D eigenvalue weighted by molar-refractivity contribution is -0.0755. The predicted molar refractivity (Wildman–Crippen MR) is 153 cm³/mol. The Hall–Kier alpha value is 0.0969. The van der Waals surface area contributed by atoms with Crippen molar-refractivity contribution >= 4 is 8.80 Å². The molecule has 0 unspecified atom stereocenters. The summed E-state index contributed by atoms with van der Waals surface area (Å²) in [7, 11) is -2.81. The van der Waals surface area contributed by atoms with Gasteiger partial charge in [0.1, 0.15) is 0 Å². The number of rotatable bonds is 20. The van der Waals surface area contributed by atoms with Gasteiger partial charge in [0.15, 0.2) is 0 Å². The summed E-state index contributed by atoms with van der Waals surface area (Å²) in [6.07, 6.45) is 22.1. The van der Waals surface area contributed by atoms with Gasteiger partial charge in [-0.15, -0.1) is 0 Å². The van der Waals surface area contributed by atoms with Crippen LogP contribution in [0.3, 0.4) is 0 Å². The summed E-state index contributed by atoms with van der Waals surface area (Å²) in [5, 5.41) is 0. The molecule has 0 N–H and O–H groups in total. The molecule has 0 rings (SSSR count). The van der Waals surface area contributed by atoms with E-state index < -0.39 is 8.80 Å². The molecule has 0 aliphatic carbocycles. The van der Waals surface area contributed by atoms with Crippen LogP contribution in [0, 0.1) is 0 Å². The zero-order chi connectivity index (χ0) is 26.1. The molecular weight excluding hydrogens is 436 g/mol. The van der Waals surface area contributed by atoms with Crippen molar-refractivity contribution in [1.29, 1.82) is 0 Å². The van der Waals surface area contributed by atoms with E-state index in [4.69, 9.17) is 13.3 Å². The highest BCUT2D eigenvalue weighted by Crippen LogP contribution is 2.33. The maximum Gasteiger partial charge on any atom is 0.502 e. The van der Waals surface area contributed by atoms with Crippen LogP contribution in [0.2, 0.25) is 6.04 Å². The van der Waals surface area contributed by atoms with E-state index in [9.17, 15) is 0 Å². The molecule has 0 aromatic heterocycles. The van der Waals surface area contributed by atoms with Crippen molar-refractivity contribution < 1.29 is 13.3 Å². The van der Waals surface area contributed by atoms with Gasteiger partial charge in [-0.05, 0) is 68.7 Å². The van der Waals surface area contributed by atoms with E-state index in [1.807, 2.05) is 0 Å². The summed E-state index contributed by atoms with van der Waals surface area (Å²) in [6.45, 7) is 21.3. The topological polar surface area (TPSA) is 27.7 Å². The summed E-state index contributed by atoms with van der Waals surface area (Å²) in [5.41, 5.74) is -0.840. The lowest BCUT2D eigenvalue weighted by Crippen LogP contribution is -2.57. The van der Waals surface area contributed by atoms with Gasteiger partial charge in [0.25, 0.3) is 0 Å². The molecule has 0 spiro atoms. The molecule has 0 aliphatic rings. The van der Waals surface area contributed by atoms with Crippen molar-refractivity contribution in [3.05, 3.63) is 0 Å². The Morgan fingerprint density at radius 2 is 0.618 bits per heavy atom. The van der Waals surface area contributed by atoms with Gasteiger partial charge in [0.2, 0.25) is 0 Å². The van der Waals surface area contributed by atoms with Crippen LogP contribution in [-0.2, 0) is 13.3 Å². The average Bonchev–Trinajstić information content (AvgIpc) is 2.63. The third-order valence-electron chi connectivity index (χ3n) is 5.72. The van der Waals surface area contributed by atoms with Crippen molar-refractivity contribution in [2.75, 3.05) is 0 Å². The Labute approximate surface area is 216 Å². The zero-order valence-corrected chi connectivity index (χ0v) is 26.2. The molecule has 0 saturated carbocycles.